The van der Waals surface area contributed by atoms with E-state index < -0.39 is 12.1 Å². The maximum Gasteiger partial charge on any atom is 0.339 e. The summed E-state index contributed by atoms with van der Waals surface area (Å²) >= 11 is 0. The lowest BCUT2D eigenvalue weighted by Gasteiger charge is -2.24. The smallest absolute Gasteiger partial charge is 0.339 e. The van der Waals surface area contributed by atoms with Crippen molar-refractivity contribution in [2.45, 2.75) is 12.5 Å². The van der Waals surface area contributed by atoms with Crippen molar-refractivity contribution in [2.75, 3.05) is 5.32 Å². The number of ether oxygens (including phenoxy) is 1. The van der Waals surface area contributed by atoms with Gasteiger partial charge in [0.25, 0.3) is 5.91 Å². The second kappa shape index (κ2) is 6.80. The number of nitrogens with zero attached hydrogens (tertiary/aromatic N) is 1. The predicted molar refractivity (Wildman–Crippen MR) is 97.7 cm³/mol. The summed E-state index contributed by atoms with van der Waals surface area (Å²) in [7, 11) is 0. The lowest BCUT2D eigenvalue weighted by molar-refractivity contribution is -0.125. The zero-order valence-corrected chi connectivity index (χ0v) is 13.9. The number of esters is 1. The summed E-state index contributed by atoms with van der Waals surface area (Å²) in [6.45, 7) is 0. The maximum absolute atomic E-state index is 12.7. The van der Waals surface area contributed by atoms with Crippen LogP contribution < -0.4 is 5.32 Å². The van der Waals surface area contributed by atoms with Gasteiger partial charge < -0.3 is 10.1 Å². The summed E-state index contributed by atoms with van der Waals surface area (Å²) in [6.07, 6.45) is 1.17. The fourth-order valence-electron chi connectivity index (χ4n) is 3.02. The minimum absolute atomic E-state index is 0.356. The van der Waals surface area contributed by atoms with Gasteiger partial charge in [-0.1, -0.05) is 48.5 Å². The number of amides is 1. The van der Waals surface area contributed by atoms with Gasteiger partial charge in [-0.3, -0.25) is 9.78 Å². The first kappa shape index (κ1) is 16.0. The molecule has 0 radical (unpaired) electrons. The van der Waals surface area contributed by atoms with Crippen molar-refractivity contribution in [2.24, 2.45) is 0 Å². The topological polar surface area (TPSA) is 68.3 Å². The Morgan fingerprint density at radius 1 is 1.00 bits per heavy atom. The average Bonchev–Trinajstić information content (AvgIpc) is 2.69. The normalized spacial score (nSPS) is 15.7. The van der Waals surface area contributed by atoms with E-state index in [0.29, 0.717) is 23.4 Å². The molecule has 1 amide bonds. The summed E-state index contributed by atoms with van der Waals surface area (Å²) in [5, 5.41) is 2.85. The Kier molecular flexibility index (Phi) is 4.19. The van der Waals surface area contributed by atoms with Gasteiger partial charge in [-0.15, -0.1) is 0 Å². The standard InChI is InChI=1S/C21H16N2O3/c24-20(18-13-15-9-4-5-10-16(15)21(25)26-18)23-17-11-6-12-22-19(17)14-7-2-1-3-8-14/h1-12,18H,13H2,(H,23,24)/t18-/m1/s1. The molecular formula is C21H16N2O3. The van der Waals surface area contributed by atoms with E-state index in [0.717, 1.165) is 11.1 Å². The minimum Gasteiger partial charge on any atom is -0.448 e. The monoisotopic (exact) mass is 344 g/mol. The van der Waals surface area contributed by atoms with Crippen LogP contribution in [0.25, 0.3) is 11.3 Å². The highest BCUT2D eigenvalue weighted by molar-refractivity contribution is 6.01. The molecule has 4 rings (SSSR count). The molecule has 5 nitrogen and oxygen atoms in total. The molecule has 2 heterocycles. The average molecular weight is 344 g/mol. The molecule has 5 heteroatoms. The van der Waals surface area contributed by atoms with Crippen LogP contribution in [0.15, 0.2) is 72.9 Å². The number of hydrogen-bond donors (Lipinski definition) is 1. The molecule has 0 saturated carbocycles. The Morgan fingerprint density at radius 2 is 1.77 bits per heavy atom. The number of hydrogen-bond acceptors (Lipinski definition) is 4. The zero-order valence-electron chi connectivity index (χ0n) is 13.9. The second-order valence-electron chi connectivity index (χ2n) is 6.01. The number of cyclic esters (lactones) is 1. The Hall–Kier alpha value is -3.47. The molecule has 1 N–H and O–H groups in total. The van der Waals surface area contributed by atoms with Crippen LogP contribution in [0.1, 0.15) is 15.9 Å². The molecule has 1 aromatic heterocycles. The van der Waals surface area contributed by atoms with E-state index in [1.54, 1.807) is 30.5 Å². The van der Waals surface area contributed by atoms with Crippen molar-refractivity contribution >= 4 is 17.6 Å². The van der Waals surface area contributed by atoms with Crippen molar-refractivity contribution in [3.8, 4) is 11.3 Å². The van der Waals surface area contributed by atoms with E-state index in [4.69, 9.17) is 4.74 Å². The highest BCUT2D eigenvalue weighted by Gasteiger charge is 2.31. The number of anilines is 1. The summed E-state index contributed by atoms with van der Waals surface area (Å²) in [6, 6.07) is 20.3. The van der Waals surface area contributed by atoms with Gasteiger partial charge in [0.2, 0.25) is 0 Å². The number of carbonyl (C=O) groups excluding carboxylic acids is 2. The van der Waals surface area contributed by atoms with E-state index in [-0.39, 0.29) is 5.91 Å². The summed E-state index contributed by atoms with van der Waals surface area (Å²) in [4.78, 5) is 29.2. The van der Waals surface area contributed by atoms with Crippen LogP contribution in [-0.4, -0.2) is 23.0 Å². The van der Waals surface area contributed by atoms with Crippen LogP contribution in [-0.2, 0) is 16.0 Å². The number of rotatable bonds is 3. The molecule has 128 valence electrons. The van der Waals surface area contributed by atoms with Crippen LogP contribution in [0, 0.1) is 0 Å². The molecular weight excluding hydrogens is 328 g/mol. The molecule has 0 aliphatic carbocycles. The molecule has 1 aliphatic heterocycles. The predicted octanol–water partition coefficient (Wildman–Crippen LogP) is 3.47. The highest BCUT2D eigenvalue weighted by Crippen LogP contribution is 2.26. The van der Waals surface area contributed by atoms with Gasteiger partial charge in [0, 0.05) is 18.2 Å². The third-order valence-electron chi connectivity index (χ3n) is 4.30. The minimum atomic E-state index is -0.860. The first-order valence-electron chi connectivity index (χ1n) is 8.32. The molecule has 26 heavy (non-hydrogen) atoms. The highest BCUT2D eigenvalue weighted by atomic mass is 16.5. The fraction of sp³-hybridized carbons (Fsp3) is 0.0952. The number of benzene rings is 2. The van der Waals surface area contributed by atoms with Gasteiger partial charge >= 0.3 is 5.97 Å². The summed E-state index contributed by atoms with van der Waals surface area (Å²) in [5.41, 5.74) is 3.48. The third kappa shape index (κ3) is 3.07. The van der Waals surface area contributed by atoms with Gasteiger partial charge in [-0.25, -0.2) is 4.79 Å². The maximum atomic E-state index is 12.7. The van der Waals surface area contributed by atoms with Gasteiger partial charge in [0.15, 0.2) is 6.10 Å². The molecule has 0 saturated heterocycles. The Bertz CT molecular complexity index is 970. The summed E-state index contributed by atoms with van der Waals surface area (Å²) in [5.74, 6) is -0.834. The number of nitrogens with one attached hydrogen (secondary N) is 1. The van der Waals surface area contributed by atoms with Gasteiger partial charge in [-0.05, 0) is 23.8 Å². The van der Waals surface area contributed by atoms with Crippen molar-refractivity contribution in [1.29, 1.82) is 0 Å². The molecule has 2 aromatic carbocycles. The molecule has 1 aliphatic rings. The van der Waals surface area contributed by atoms with Crippen LogP contribution in [0.3, 0.4) is 0 Å². The van der Waals surface area contributed by atoms with E-state index in [2.05, 4.69) is 10.3 Å². The van der Waals surface area contributed by atoms with Crippen LogP contribution in [0.5, 0.6) is 0 Å². The number of aromatic nitrogens is 1. The van der Waals surface area contributed by atoms with Crippen molar-refractivity contribution in [3.05, 3.63) is 84.1 Å². The van der Waals surface area contributed by atoms with Crippen molar-refractivity contribution in [3.63, 3.8) is 0 Å². The van der Waals surface area contributed by atoms with Gasteiger partial charge in [0.05, 0.1) is 16.9 Å². The molecule has 3 aromatic rings. The van der Waals surface area contributed by atoms with Crippen molar-refractivity contribution < 1.29 is 14.3 Å². The third-order valence-corrected chi connectivity index (χ3v) is 4.30. The van der Waals surface area contributed by atoms with E-state index >= 15 is 0 Å². The largest absolute Gasteiger partial charge is 0.448 e. The Morgan fingerprint density at radius 3 is 2.62 bits per heavy atom. The van der Waals surface area contributed by atoms with Crippen LogP contribution in [0.2, 0.25) is 0 Å². The lowest BCUT2D eigenvalue weighted by Crippen LogP contribution is -2.38. The lowest BCUT2D eigenvalue weighted by atomic mass is 9.98. The zero-order chi connectivity index (χ0) is 17.9. The van der Waals surface area contributed by atoms with Gasteiger partial charge in [0.1, 0.15) is 0 Å². The van der Waals surface area contributed by atoms with E-state index in [1.807, 2.05) is 42.5 Å². The Balaban J connectivity index is 1.58. The summed E-state index contributed by atoms with van der Waals surface area (Å²) < 4.78 is 5.32. The van der Waals surface area contributed by atoms with Crippen LogP contribution in [0.4, 0.5) is 5.69 Å². The SMILES string of the molecule is O=C1O[C@@H](C(=O)Nc2cccnc2-c2ccccc2)Cc2ccccc21. The Labute approximate surface area is 150 Å². The van der Waals surface area contributed by atoms with Gasteiger partial charge in [-0.2, -0.15) is 0 Å². The number of carbonyl (C=O) groups is 2. The van der Waals surface area contributed by atoms with E-state index in [9.17, 15) is 9.59 Å². The molecule has 0 fully saturated rings. The molecule has 0 bridgehead atoms. The number of fused-ring (bicyclic) bond motifs is 1. The number of pyridine rings is 1. The molecule has 1 atom stereocenters. The first-order chi connectivity index (χ1) is 12.7. The fourth-order valence-corrected chi connectivity index (χ4v) is 3.02. The second-order valence-corrected chi connectivity index (χ2v) is 6.01. The van der Waals surface area contributed by atoms with Crippen LogP contribution >= 0.6 is 0 Å². The molecule has 0 unspecified atom stereocenters. The van der Waals surface area contributed by atoms with E-state index in [1.165, 1.54) is 0 Å². The first-order valence-corrected chi connectivity index (χ1v) is 8.32. The van der Waals surface area contributed by atoms with Crippen molar-refractivity contribution in [1.82, 2.24) is 4.98 Å². The quantitative estimate of drug-likeness (QED) is 0.739. The molecule has 0 spiro atoms.